The zero-order valence-corrected chi connectivity index (χ0v) is 7.18. The van der Waals surface area contributed by atoms with Crippen LogP contribution in [0.3, 0.4) is 0 Å². The molecule has 0 amide bonds. The van der Waals surface area contributed by atoms with Crippen molar-refractivity contribution in [1.29, 1.82) is 0 Å². The molecule has 0 aromatic heterocycles. The van der Waals surface area contributed by atoms with E-state index in [0.29, 0.717) is 35.5 Å². The number of carbonyl (C=O) groups excluding carboxylic acids is 2. The molecule has 4 nitrogen and oxygen atoms in total. The van der Waals surface area contributed by atoms with Crippen molar-refractivity contribution >= 4 is 12.2 Å². The highest BCUT2D eigenvalue weighted by molar-refractivity contribution is 5.65. The van der Waals surface area contributed by atoms with E-state index in [2.05, 4.69) is 9.98 Å². The Bertz CT molecular complexity index is 399. The van der Waals surface area contributed by atoms with Gasteiger partial charge in [-0.05, 0) is 35.5 Å². The van der Waals surface area contributed by atoms with Gasteiger partial charge in [-0.15, -0.1) is 0 Å². The SMILES string of the molecule is O=C=NC12C3C4C1C1C2C3C41N=C=O. The maximum absolute atomic E-state index is 10.3. The fourth-order valence-electron chi connectivity index (χ4n) is 6.02. The normalized spacial score (nSPS) is 75.7. The van der Waals surface area contributed by atoms with Crippen molar-refractivity contribution in [3.8, 4) is 0 Å². The van der Waals surface area contributed by atoms with Crippen LogP contribution in [0.25, 0.3) is 0 Å². The van der Waals surface area contributed by atoms with Gasteiger partial charge in [0.2, 0.25) is 12.2 Å². The van der Waals surface area contributed by atoms with Gasteiger partial charge in [0.05, 0.1) is 11.1 Å². The predicted octanol–water partition coefficient (Wildman–Crippen LogP) is -0.0992. The van der Waals surface area contributed by atoms with Crippen LogP contribution in [-0.2, 0) is 9.59 Å². The smallest absolute Gasteiger partial charge is 0.211 e. The lowest BCUT2D eigenvalue weighted by atomic mass is 8.96. The highest BCUT2D eigenvalue weighted by Gasteiger charge is 3.11. The summed E-state index contributed by atoms with van der Waals surface area (Å²) >= 11 is 0. The molecule has 0 aromatic carbocycles. The van der Waals surface area contributed by atoms with E-state index < -0.39 is 0 Å². The zero-order chi connectivity index (χ0) is 9.29. The van der Waals surface area contributed by atoms with Crippen molar-refractivity contribution in [1.82, 2.24) is 0 Å². The number of hydrogen-bond acceptors (Lipinski definition) is 4. The number of isocyanates is 2. The molecule has 0 heterocycles. The maximum atomic E-state index is 10.3. The van der Waals surface area contributed by atoms with E-state index in [1.54, 1.807) is 12.2 Å². The molecule has 6 aliphatic carbocycles. The topological polar surface area (TPSA) is 58.9 Å². The first-order valence-electron chi connectivity index (χ1n) is 5.03. The summed E-state index contributed by atoms with van der Waals surface area (Å²) in [4.78, 5) is 28.6. The summed E-state index contributed by atoms with van der Waals surface area (Å²) in [5.74, 6) is 3.42. The van der Waals surface area contributed by atoms with Gasteiger partial charge < -0.3 is 0 Å². The number of nitrogens with zero attached hydrogens (tertiary/aromatic N) is 2. The zero-order valence-electron chi connectivity index (χ0n) is 7.18. The quantitative estimate of drug-likeness (QED) is 0.446. The van der Waals surface area contributed by atoms with Crippen molar-refractivity contribution in [3.05, 3.63) is 0 Å². The van der Waals surface area contributed by atoms with Crippen molar-refractivity contribution in [3.63, 3.8) is 0 Å². The third kappa shape index (κ3) is 0.230. The molecule has 0 N–H and O–H groups in total. The minimum atomic E-state index is 0.00189. The summed E-state index contributed by atoms with van der Waals surface area (Å²) in [6, 6.07) is 0. The highest BCUT2D eigenvalue weighted by atomic mass is 16.1. The number of hydrogen-bond donors (Lipinski definition) is 0. The first-order chi connectivity index (χ1) is 6.85. The lowest BCUT2D eigenvalue weighted by Crippen LogP contribution is -3.14. The van der Waals surface area contributed by atoms with Crippen LogP contribution in [-0.4, -0.2) is 23.2 Å². The first kappa shape index (κ1) is 6.28. The highest BCUT2D eigenvalue weighted by Crippen LogP contribution is 3.05. The Hall–Kier alpha value is -1.24. The Morgan fingerprint density at radius 1 is 0.714 bits per heavy atom. The van der Waals surface area contributed by atoms with Crippen molar-refractivity contribution in [2.75, 3.05) is 0 Å². The van der Waals surface area contributed by atoms with Crippen LogP contribution in [0.4, 0.5) is 0 Å². The Morgan fingerprint density at radius 2 is 1.00 bits per heavy atom. The lowest BCUT2D eigenvalue weighted by Gasteiger charge is -3.08. The summed E-state index contributed by atoms with van der Waals surface area (Å²) in [5.41, 5.74) is 0.00378. The number of rotatable bonds is 2. The molecular weight excluding hydrogens is 180 g/mol. The van der Waals surface area contributed by atoms with Gasteiger partial charge in [-0.2, -0.15) is 9.98 Å². The van der Waals surface area contributed by atoms with Gasteiger partial charge in [0.1, 0.15) is 0 Å². The van der Waals surface area contributed by atoms with Crippen LogP contribution < -0.4 is 0 Å². The van der Waals surface area contributed by atoms with Crippen LogP contribution in [0, 0.1) is 35.5 Å². The van der Waals surface area contributed by atoms with Crippen molar-refractivity contribution in [2.45, 2.75) is 11.1 Å². The van der Waals surface area contributed by atoms with Gasteiger partial charge in [-0.1, -0.05) is 0 Å². The van der Waals surface area contributed by atoms with Crippen LogP contribution in [0.2, 0.25) is 0 Å². The Labute approximate surface area is 79.1 Å². The fourth-order valence-corrected chi connectivity index (χ4v) is 6.02. The minimum absolute atomic E-state index is 0.00189. The third-order valence-electron chi connectivity index (χ3n) is 6.00. The average molecular weight is 186 g/mol. The van der Waals surface area contributed by atoms with E-state index in [-0.39, 0.29) is 11.1 Å². The third-order valence-corrected chi connectivity index (χ3v) is 6.00. The largest absolute Gasteiger partial charge is 0.235 e. The molecule has 0 atom stereocenters. The summed E-state index contributed by atoms with van der Waals surface area (Å²) in [6.07, 6.45) is 3.43. The second-order valence-electron chi connectivity index (χ2n) is 5.34. The van der Waals surface area contributed by atoms with Crippen LogP contribution in [0.5, 0.6) is 0 Å². The van der Waals surface area contributed by atoms with E-state index in [9.17, 15) is 9.59 Å². The molecule has 4 heteroatoms. The maximum Gasteiger partial charge on any atom is 0.235 e. The standard InChI is InChI=1S/C10H6N2O2/c13-1-11-9-3-6-4(9)8-5(9)7(3)10(6,8)12-2-14/h3-8H. The van der Waals surface area contributed by atoms with Crippen LogP contribution in [0.15, 0.2) is 9.98 Å². The number of aliphatic imine (C=N–C) groups is 2. The monoisotopic (exact) mass is 186 g/mol. The Balaban J connectivity index is 1.66. The van der Waals surface area contributed by atoms with E-state index in [0.717, 1.165) is 0 Å². The molecule has 0 saturated heterocycles. The Kier molecular flexibility index (Phi) is 0.569. The molecule has 14 heavy (non-hydrogen) atoms. The van der Waals surface area contributed by atoms with E-state index >= 15 is 0 Å². The summed E-state index contributed by atoms with van der Waals surface area (Å²) in [5, 5.41) is 0. The summed E-state index contributed by atoms with van der Waals surface area (Å²) in [7, 11) is 0. The molecule has 0 unspecified atom stereocenters. The molecule has 6 fully saturated rings. The summed E-state index contributed by atoms with van der Waals surface area (Å²) in [6.45, 7) is 0. The second kappa shape index (κ2) is 1.27. The molecular formula is C10H6N2O2. The van der Waals surface area contributed by atoms with E-state index in [4.69, 9.17) is 0 Å². The molecule has 0 bridgehead atoms. The first-order valence-corrected chi connectivity index (χ1v) is 5.03. The van der Waals surface area contributed by atoms with Gasteiger partial charge in [-0.3, -0.25) is 0 Å². The molecule has 6 rings (SSSR count). The molecule has 6 aliphatic rings. The molecule has 0 aromatic rings. The molecule has 0 aliphatic heterocycles. The van der Waals surface area contributed by atoms with Gasteiger partial charge >= 0.3 is 0 Å². The van der Waals surface area contributed by atoms with E-state index in [1.807, 2.05) is 0 Å². The predicted molar refractivity (Wildman–Crippen MR) is 42.6 cm³/mol. The Morgan fingerprint density at radius 3 is 1.21 bits per heavy atom. The van der Waals surface area contributed by atoms with Gasteiger partial charge in [0.25, 0.3) is 0 Å². The molecule has 0 spiro atoms. The van der Waals surface area contributed by atoms with Gasteiger partial charge in [-0.25, -0.2) is 9.59 Å². The second-order valence-corrected chi connectivity index (χ2v) is 5.34. The van der Waals surface area contributed by atoms with Crippen molar-refractivity contribution < 1.29 is 9.59 Å². The summed E-state index contributed by atoms with van der Waals surface area (Å²) < 4.78 is 0. The van der Waals surface area contributed by atoms with E-state index in [1.165, 1.54) is 0 Å². The molecule has 0 radical (unpaired) electrons. The fraction of sp³-hybridized carbons (Fsp3) is 0.800. The molecule has 68 valence electrons. The minimum Gasteiger partial charge on any atom is -0.211 e. The molecule has 6 saturated carbocycles. The van der Waals surface area contributed by atoms with Gasteiger partial charge in [0.15, 0.2) is 0 Å². The van der Waals surface area contributed by atoms with Gasteiger partial charge in [0, 0.05) is 0 Å². The lowest BCUT2D eigenvalue weighted by molar-refractivity contribution is -0.576. The average Bonchev–Trinajstić information content (AvgIpc) is 2.22. The van der Waals surface area contributed by atoms with Crippen LogP contribution in [0.1, 0.15) is 0 Å². The van der Waals surface area contributed by atoms with Crippen LogP contribution >= 0.6 is 0 Å². The van der Waals surface area contributed by atoms with Crippen molar-refractivity contribution in [2.24, 2.45) is 45.5 Å².